The first-order valence-electron chi connectivity index (χ1n) is 3.15. The maximum atomic E-state index is 10.8. The number of hydrogen-bond acceptors (Lipinski definition) is 5. The summed E-state index contributed by atoms with van der Waals surface area (Å²) in [5.41, 5.74) is -0.399. The highest BCUT2D eigenvalue weighted by Crippen LogP contribution is 2.24. The van der Waals surface area contributed by atoms with Gasteiger partial charge in [-0.3, -0.25) is 10.1 Å². The zero-order valence-corrected chi connectivity index (χ0v) is 8.95. The van der Waals surface area contributed by atoms with Crippen LogP contribution in [0.2, 0.25) is 0 Å². The molecule has 76 valence electrons. The lowest BCUT2D eigenvalue weighted by Crippen LogP contribution is -2.14. The first kappa shape index (κ1) is 11.0. The molecule has 1 aromatic heterocycles. The van der Waals surface area contributed by atoms with E-state index in [1.54, 1.807) is 0 Å². The zero-order chi connectivity index (χ0) is 10.9. The van der Waals surface area contributed by atoms with Crippen molar-refractivity contribution in [2.75, 3.05) is 0 Å². The Morgan fingerprint density at radius 1 is 1.57 bits per heavy atom. The largest absolute Gasteiger partial charge is 0.288 e. The normalized spacial score (nSPS) is 11.3. The maximum absolute atomic E-state index is 10.8. The third-order valence-electron chi connectivity index (χ3n) is 1.30. The van der Waals surface area contributed by atoms with Gasteiger partial charge in [-0.25, -0.2) is 18.5 Å². The second-order valence-corrected chi connectivity index (χ2v) is 4.64. The molecule has 0 spiro atoms. The highest BCUT2D eigenvalue weighted by atomic mass is 79.9. The van der Waals surface area contributed by atoms with E-state index in [4.69, 9.17) is 5.14 Å². The van der Waals surface area contributed by atoms with Gasteiger partial charge in [-0.05, 0) is 15.9 Å². The Kier molecular flexibility index (Phi) is 2.83. The van der Waals surface area contributed by atoms with Crippen LogP contribution in [0.5, 0.6) is 0 Å². The minimum atomic E-state index is -4.01. The predicted molar refractivity (Wildman–Crippen MR) is 50.0 cm³/mol. The van der Waals surface area contributed by atoms with E-state index in [9.17, 15) is 18.5 Å². The maximum Gasteiger partial charge on any atom is 0.288 e. The molecule has 0 amide bonds. The van der Waals surface area contributed by atoms with Gasteiger partial charge in [0.15, 0.2) is 5.03 Å². The lowest BCUT2D eigenvalue weighted by atomic mass is 10.4. The number of hydrogen-bond donors (Lipinski definition) is 1. The number of sulfonamides is 1. The van der Waals surface area contributed by atoms with E-state index < -0.39 is 25.7 Å². The summed E-state index contributed by atoms with van der Waals surface area (Å²) in [5.74, 6) is 0. The summed E-state index contributed by atoms with van der Waals surface area (Å²) in [6, 6.07) is 0.791. The van der Waals surface area contributed by atoms with Crippen molar-refractivity contribution in [1.29, 1.82) is 0 Å². The number of nitrogens with zero attached hydrogens (tertiary/aromatic N) is 2. The molecule has 0 aromatic carbocycles. The third-order valence-corrected chi connectivity index (χ3v) is 2.72. The second-order valence-electron chi connectivity index (χ2n) is 2.28. The molecule has 9 heteroatoms. The molecule has 1 aromatic rings. The van der Waals surface area contributed by atoms with Gasteiger partial charge in [0, 0.05) is 6.20 Å². The summed E-state index contributed by atoms with van der Waals surface area (Å²) in [4.78, 5) is 13.1. The molecule has 2 N–H and O–H groups in total. The summed E-state index contributed by atoms with van der Waals surface area (Å²) in [6.45, 7) is 0. The van der Waals surface area contributed by atoms with Crippen LogP contribution in [-0.2, 0) is 10.0 Å². The van der Waals surface area contributed by atoms with Crippen LogP contribution in [0.1, 0.15) is 0 Å². The van der Waals surface area contributed by atoms with E-state index in [2.05, 4.69) is 20.9 Å². The number of primary sulfonamides is 1. The third kappa shape index (κ3) is 2.25. The highest BCUT2D eigenvalue weighted by Gasteiger charge is 2.18. The average molecular weight is 282 g/mol. The van der Waals surface area contributed by atoms with Gasteiger partial charge in [0.1, 0.15) is 4.47 Å². The Labute approximate surface area is 87.3 Å². The van der Waals surface area contributed by atoms with Crippen molar-refractivity contribution in [3.8, 4) is 0 Å². The number of aromatic nitrogens is 1. The average Bonchev–Trinajstić information content (AvgIpc) is 2.02. The van der Waals surface area contributed by atoms with Crippen molar-refractivity contribution in [1.82, 2.24) is 4.98 Å². The number of nitro groups is 1. The van der Waals surface area contributed by atoms with Crippen molar-refractivity contribution in [3.05, 3.63) is 26.9 Å². The van der Waals surface area contributed by atoms with Gasteiger partial charge < -0.3 is 0 Å². The summed E-state index contributed by atoms with van der Waals surface area (Å²) < 4.78 is 21.7. The van der Waals surface area contributed by atoms with E-state index in [0.29, 0.717) is 0 Å². The molecular weight excluding hydrogens is 278 g/mol. The Morgan fingerprint density at radius 3 is 2.57 bits per heavy atom. The van der Waals surface area contributed by atoms with Gasteiger partial charge in [-0.15, -0.1) is 0 Å². The molecule has 0 saturated heterocycles. The molecule has 0 atom stereocenters. The Morgan fingerprint density at radius 2 is 2.14 bits per heavy atom. The van der Waals surface area contributed by atoms with Gasteiger partial charge in [0.2, 0.25) is 0 Å². The van der Waals surface area contributed by atoms with Crippen molar-refractivity contribution in [3.63, 3.8) is 0 Å². The molecule has 0 aliphatic rings. The molecule has 7 nitrogen and oxygen atoms in total. The first-order valence-corrected chi connectivity index (χ1v) is 5.49. The quantitative estimate of drug-likeness (QED) is 0.622. The zero-order valence-electron chi connectivity index (χ0n) is 6.55. The van der Waals surface area contributed by atoms with E-state index in [-0.39, 0.29) is 4.47 Å². The molecule has 0 bridgehead atoms. The molecule has 1 rings (SSSR count). The van der Waals surface area contributed by atoms with Gasteiger partial charge in [-0.1, -0.05) is 0 Å². The van der Waals surface area contributed by atoms with Crippen LogP contribution in [0.4, 0.5) is 5.69 Å². The summed E-state index contributed by atoms with van der Waals surface area (Å²) in [7, 11) is -4.01. The Bertz CT molecular complexity index is 486. The molecule has 14 heavy (non-hydrogen) atoms. The van der Waals surface area contributed by atoms with Gasteiger partial charge in [0.05, 0.1) is 11.0 Å². The van der Waals surface area contributed by atoms with Gasteiger partial charge in [0.25, 0.3) is 15.7 Å². The Balaban J connectivity index is 3.42. The van der Waals surface area contributed by atoms with Gasteiger partial charge in [-0.2, -0.15) is 0 Å². The number of rotatable bonds is 2. The highest BCUT2D eigenvalue weighted by molar-refractivity contribution is 9.10. The predicted octanol–water partition coefficient (Wildman–Crippen LogP) is 0.400. The first-order chi connectivity index (χ1) is 6.32. The minimum absolute atomic E-state index is 0.0925. The monoisotopic (exact) mass is 281 g/mol. The molecule has 0 unspecified atom stereocenters. The van der Waals surface area contributed by atoms with Gasteiger partial charge >= 0.3 is 0 Å². The van der Waals surface area contributed by atoms with E-state index >= 15 is 0 Å². The van der Waals surface area contributed by atoms with Crippen molar-refractivity contribution < 1.29 is 13.3 Å². The fourth-order valence-electron chi connectivity index (χ4n) is 0.705. The fraction of sp³-hybridized carbons (Fsp3) is 0. The van der Waals surface area contributed by atoms with Crippen LogP contribution in [0.3, 0.4) is 0 Å². The molecule has 0 fully saturated rings. The van der Waals surface area contributed by atoms with Crippen molar-refractivity contribution >= 4 is 31.6 Å². The SMILES string of the molecule is NS(=O)(=O)c1cc([N+](=O)[O-])c(Br)cn1. The minimum Gasteiger partial charge on any atom is -0.258 e. The van der Waals surface area contributed by atoms with Crippen molar-refractivity contribution in [2.45, 2.75) is 5.03 Å². The summed E-state index contributed by atoms with van der Waals surface area (Å²) in [5, 5.41) is 14.6. The van der Waals surface area contributed by atoms with Crippen LogP contribution < -0.4 is 5.14 Å². The molecule has 0 saturated carbocycles. The van der Waals surface area contributed by atoms with Crippen LogP contribution in [-0.4, -0.2) is 18.3 Å². The van der Waals surface area contributed by atoms with E-state index in [1.807, 2.05) is 0 Å². The topological polar surface area (TPSA) is 116 Å². The van der Waals surface area contributed by atoms with Crippen LogP contribution >= 0.6 is 15.9 Å². The smallest absolute Gasteiger partial charge is 0.258 e. The van der Waals surface area contributed by atoms with Crippen LogP contribution in [0.25, 0.3) is 0 Å². The lowest BCUT2D eigenvalue weighted by Gasteiger charge is -1.98. The number of halogens is 1. The van der Waals surface area contributed by atoms with Crippen molar-refractivity contribution in [2.24, 2.45) is 5.14 Å². The molecule has 0 radical (unpaired) electrons. The molecular formula is C5H4BrN3O4S. The summed E-state index contributed by atoms with van der Waals surface area (Å²) in [6.07, 6.45) is 1.01. The van der Waals surface area contributed by atoms with E-state index in [0.717, 1.165) is 12.3 Å². The van der Waals surface area contributed by atoms with Crippen LogP contribution in [0, 0.1) is 10.1 Å². The molecule has 0 aliphatic carbocycles. The fourth-order valence-corrected chi connectivity index (χ4v) is 1.54. The number of pyridine rings is 1. The second kappa shape index (κ2) is 3.59. The van der Waals surface area contributed by atoms with E-state index in [1.165, 1.54) is 0 Å². The standard InChI is InChI=1S/C5H4BrN3O4S/c6-3-2-8-5(14(7,12)13)1-4(3)9(10)11/h1-2H,(H2,7,12,13). The molecule has 1 heterocycles. The number of nitrogens with two attached hydrogens (primary N) is 1. The summed E-state index contributed by atoms with van der Waals surface area (Å²) >= 11 is 2.86. The molecule has 0 aliphatic heterocycles. The lowest BCUT2D eigenvalue weighted by molar-refractivity contribution is -0.386. The Hall–Kier alpha value is -1.06. The van der Waals surface area contributed by atoms with Crippen LogP contribution in [0.15, 0.2) is 21.8 Å².